The van der Waals surface area contributed by atoms with Crippen LogP contribution in [0.2, 0.25) is 0 Å². The van der Waals surface area contributed by atoms with Crippen LogP contribution in [0.25, 0.3) is 0 Å². The average Bonchev–Trinajstić information content (AvgIpc) is 2.84. The van der Waals surface area contributed by atoms with Gasteiger partial charge in [0.2, 0.25) is 5.91 Å². The van der Waals surface area contributed by atoms with Gasteiger partial charge in [-0.15, -0.1) is 0 Å². The van der Waals surface area contributed by atoms with Gasteiger partial charge in [0.25, 0.3) is 5.91 Å². The molecule has 32 heavy (non-hydrogen) atoms. The van der Waals surface area contributed by atoms with E-state index in [0.717, 1.165) is 5.56 Å². The van der Waals surface area contributed by atoms with Crippen molar-refractivity contribution in [2.24, 2.45) is 0 Å². The number of aromatic nitrogens is 2. The van der Waals surface area contributed by atoms with Gasteiger partial charge >= 0.3 is 0 Å². The Morgan fingerprint density at radius 3 is 2.44 bits per heavy atom. The zero-order chi connectivity index (χ0) is 23.3. The third-order valence-corrected chi connectivity index (χ3v) is 5.05. The van der Waals surface area contributed by atoms with E-state index in [-0.39, 0.29) is 23.9 Å². The number of methoxy groups -OCH3 is 3. The fraction of sp³-hybridized carbons (Fsp3) is 0.478. The van der Waals surface area contributed by atoms with Crippen molar-refractivity contribution < 1.29 is 23.8 Å². The van der Waals surface area contributed by atoms with Crippen molar-refractivity contribution in [3.63, 3.8) is 0 Å². The van der Waals surface area contributed by atoms with Gasteiger partial charge < -0.3 is 24.0 Å². The predicted octanol–water partition coefficient (Wildman–Crippen LogP) is 2.06. The number of benzene rings is 1. The predicted molar refractivity (Wildman–Crippen MR) is 120 cm³/mol. The average molecular weight is 445 g/mol. The molecule has 0 atom stereocenters. The number of ether oxygens (including phenoxy) is 3. The Balaban J connectivity index is 1.91. The van der Waals surface area contributed by atoms with E-state index in [4.69, 9.17) is 14.2 Å². The van der Waals surface area contributed by atoms with Crippen LogP contribution in [-0.2, 0) is 16.0 Å². The van der Waals surface area contributed by atoms with Gasteiger partial charge in [-0.3, -0.25) is 14.6 Å². The van der Waals surface area contributed by atoms with Crippen LogP contribution in [0.1, 0.15) is 28.9 Å². The van der Waals surface area contributed by atoms with E-state index in [1.165, 1.54) is 18.6 Å². The Hall–Kier alpha value is -3.20. The Kier molecular flexibility index (Phi) is 10.4. The highest BCUT2D eigenvalue weighted by Crippen LogP contribution is 2.27. The smallest absolute Gasteiger partial charge is 0.274 e. The van der Waals surface area contributed by atoms with Crippen LogP contribution in [0.5, 0.6) is 11.5 Å². The Bertz CT molecular complexity index is 863. The maximum absolute atomic E-state index is 12.8. The summed E-state index contributed by atoms with van der Waals surface area (Å²) < 4.78 is 15.7. The second-order valence-corrected chi connectivity index (χ2v) is 7.23. The molecule has 1 aromatic heterocycles. The number of hydrogen-bond acceptors (Lipinski definition) is 7. The molecule has 0 saturated heterocycles. The summed E-state index contributed by atoms with van der Waals surface area (Å²) in [6.07, 6.45) is 6.01. The van der Waals surface area contributed by atoms with Gasteiger partial charge in [0.1, 0.15) is 5.69 Å². The first-order valence-electron chi connectivity index (χ1n) is 10.5. The number of amides is 2. The molecular weight excluding hydrogens is 412 g/mol. The molecule has 0 aliphatic heterocycles. The van der Waals surface area contributed by atoms with Crippen molar-refractivity contribution in [3.05, 3.63) is 48.0 Å². The second kappa shape index (κ2) is 13.3. The molecule has 9 heteroatoms. The minimum absolute atomic E-state index is 0.0332. The van der Waals surface area contributed by atoms with E-state index in [1.807, 2.05) is 18.2 Å². The van der Waals surface area contributed by atoms with Crippen molar-refractivity contribution >= 4 is 11.8 Å². The lowest BCUT2D eigenvalue weighted by Gasteiger charge is -2.24. The summed E-state index contributed by atoms with van der Waals surface area (Å²) in [6, 6.07) is 5.72. The summed E-state index contributed by atoms with van der Waals surface area (Å²) in [6.45, 7) is 1.87. The molecule has 2 aromatic rings. The molecule has 2 amide bonds. The van der Waals surface area contributed by atoms with Crippen LogP contribution in [0, 0.1) is 0 Å². The van der Waals surface area contributed by atoms with E-state index < -0.39 is 0 Å². The lowest BCUT2D eigenvalue weighted by Crippen LogP contribution is -2.37. The standard InChI is InChI=1S/C23H32N4O5/c1-26(13-8-18-6-7-20(31-3)21(16-18)32-4)22(28)9-14-27(12-5-15-30-2)23(29)19-17-24-10-11-25-19/h6-7,10-11,16-17H,5,8-9,12-15H2,1-4H3. The normalized spacial score (nSPS) is 10.5. The molecule has 0 saturated carbocycles. The van der Waals surface area contributed by atoms with Gasteiger partial charge in [-0.25, -0.2) is 4.98 Å². The summed E-state index contributed by atoms with van der Waals surface area (Å²) >= 11 is 0. The van der Waals surface area contributed by atoms with Crippen LogP contribution in [0.4, 0.5) is 0 Å². The van der Waals surface area contributed by atoms with Crippen molar-refractivity contribution in [1.29, 1.82) is 0 Å². The lowest BCUT2D eigenvalue weighted by molar-refractivity contribution is -0.130. The number of carbonyl (C=O) groups is 2. The molecule has 0 unspecified atom stereocenters. The molecule has 9 nitrogen and oxygen atoms in total. The molecule has 174 valence electrons. The van der Waals surface area contributed by atoms with E-state index in [1.54, 1.807) is 38.2 Å². The van der Waals surface area contributed by atoms with Crippen molar-refractivity contribution in [3.8, 4) is 11.5 Å². The van der Waals surface area contributed by atoms with Crippen LogP contribution in [-0.4, -0.2) is 86.2 Å². The fourth-order valence-corrected chi connectivity index (χ4v) is 3.17. The minimum Gasteiger partial charge on any atom is -0.493 e. The summed E-state index contributed by atoms with van der Waals surface area (Å²) in [5, 5.41) is 0. The summed E-state index contributed by atoms with van der Waals surface area (Å²) in [5.41, 5.74) is 1.31. The van der Waals surface area contributed by atoms with Gasteiger partial charge in [0.05, 0.1) is 20.4 Å². The number of rotatable bonds is 13. The molecule has 1 heterocycles. The molecule has 0 fully saturated rings. The van der Waals surface area contributed by atoms with Crippen LogP contribution >= 0.6 is 0 Å². The molecule has 0 aliphatic rings. The third-order valence-electron chi connectivity index (χ3n) is 5.05. The second-order valence-electron chi connectivity index (χ2n) is 7.23. The third kappa shape index (κ3) is 7.49. The number of hydrogen-bond donors (Lipinski definition) is 0. The highest BCUT2D eigenvalue weighted by atomic mass is 16.5. The first-order chi connectivity index (χ1) is 15.5. The molecule has 0 radical (unpaired) electrons. The summed E-state index contributed by atoms with van der Waals surface area (Å²) in [7, 11) is 6.57. The number of carbonyl (C=O) groups excluding carboxylic acids is 2. The van der Waals surface area contributed by atoms with Gasteiger partial charge in [-0.2, -0.15) is 0 Å². The molecule has 2 rings (SSSR count). The largest absolute Gasteiger partial charge is 0.493 e. The number of likely N-dealkylation sites (N-methyl/N-ethyl adjacent to an activating group) is 1. The monoisotopic (exact) mass is 444 g/mol. The lowest BCUT2D eigenvalue weighted by atomic mass is 10.1. The highest BCUT2D eigenvalue weighted by molar-refractivity contribution is 5.92. The van der Waals surface area contributed by atoms with Crippen LogP contribution < -0.4 is 9.47 Å². The minimum atomic E-state index is -0.241. The van der Waals surface area contributed by atoms with Crippen LogP contribution in [0.15, 0.2) is 36.8 Å². The zero-order valence-electron chi connectivity index (χ0n) is 19.2. The quantitative estimate of drug-likeness (QED) is 0.437. The van der Waals surface area contributed by atoms with Gasteiger partial charge in [-0.1, -0.05) is 6.07 Å². The van der Waals surface area contributed by atoms with Gasteiger partial charge in [0.15, 0.2) is 11.5 Å². The maximum atomic E-state index is 12.8. The maximum Gasteiger partial charge on any atom is 0.274 e. The van der Waals surface area contributed by atoms with E-state index >= 15 is 0 Å². The molecule has 0 bridgehead atoms. The van der Waals surface area contributed by atoms with E-state index in [9.17, 15) is 9.59 Å². The SMILES string of the molecule is COCCCN(CCC(=O)N(C)CCc1ccc(OC)c(OC)c1)C(=O)c1cnccn1. The van der Waals surface area contributed by atoms with Crippen molar-refractivity contribution in [1.82, 2.24) is 19.8 Å². The van der Waals surface area contributed by atoms with Crippen molar-refractivity contribution in [2.75, 3.05) is 54.6 Å². The Morgan fingerprint density at radius 1 is 1.00 bits per heavy atom. The first-order valence-corrected chi connectivity index (χ1v) is 10.5. The van der Waals surface area contributed by atoms with E-state index in [2.05, 4.69) is 9.97 Å². The molecule has 0 aliphatic carbocycles. The molecule has 0 spiro atoms. The highest BCUT2D eigenvalue weighted by Gasteiger charge is 2.19. The summed E-state index contributed by atoms with van der Waals surface area (Å²) in [4.78, 5) is 36.8. The Labute approximate surface area is 189 Å². The fourth-order valence-electron chi connectivity index (χ4n) is 3.17. The van der Waals surface area contributed by atoms with Gasteiger partial charge in [-0.05, 0) is 30.5 Å². The first kappa shape index (κ1) is 25.1. The Morgan fingerprint density at radius 2 is 1.78 bits per heavy atom. The molecule has 1 aromatic carbocycles. The van der Waals surface area contributed by atoms with Gasteiger partial charge in [0, 0.05) is 59.2 Å². The zero-order valence-corrected chi connectivity index (χ0v) is 19.2. The molecular formula is C23H32N4O5. The topological polar surface area (TPSA) is 94.1 Å². The number of nitrogens with zero attached hydrogens (tertiary/aromatic N) is 4. The molecule has 0 N–H and O–H groups in total. The summed E-state index contributed by atoms with van der Waals surface area (Å²) in [5.74, 6) is 1.05. The van der Waals surface area contributed by atoms with Crippen LogP contribution in [0.3, 0.4) is 0 Å². The van der Waals surface area contributed by atoms with Crippen molar-refractivity contribution in [2.45, 2.75) is 19.3 Å². The van der Waals surface area contributed by atoms with E-state index in [0.29, 0.717) is 50.6 Å².